The van der Waals surface area contributed by atoms with Crippen LogP contribution in [0.15, 0.2) is 22.7 Å². The smallest absolute Gasteiger partial charge is 0.261 e. The molecule has 0 spiro atoms. The van der Waals surface area contributed by atoms with E-state index in [1.165, 1.54) is 0 Å². The minimum Gasteiger partial charge on any atom is -0.493 e. The van der Waals surface area contributed by atoms with Gasteiger partial charge in [0.25, 0.3) is 5.91 Å². The van der Waals surface area contributed by atoms with Gasteiger partial charge in [-0.1, -0.05) is 15.9 Å². The zero-order valence-electron chi connectivity index (χ0n) is 12.8. The molecule has 0 aromatic heterocycles. The van der Waals surface area contributed by atoms with Crippen LogP contribution in [0.4, 0.5) is 0 Å². The summed E-state index contributed by atoms with van der Waals surface area (Å²) in [5, 5.41) is 3.28. The van der Waals surface area contributed by atoms with Crippen molar-refractivity contribution in [3.63, 3.8) is 0 Å². The van der Waals surface area contributed by atoms with Crippen LogP contribution in [0.1, 0.15) is 17.3 Å². The van der Waals surface area contributed by atoms with Crippen LogP contribution in [0.25, 0.3) is 0 Å². The fourth-order valence-corrected chi connectivity index (χ4v) is 2.85. The van der Waals surface area contributed by atoms with Gasteiger partial charge in [-0.3, -0.25) is 10.1 Å². The van der Waals surface area contributed by atoms with E-state index in [2.05, 4.69) is 33.2 Å². The largest absolute Gasteiger partial charge is 0.493 e. The highest BCUT2D eigenvalue weighted by Crippen LogP contribution is 2.23. The first-order chi connectivity index (χ1) is 10.5. The maximum absolute atomic E-state index is 12.5. The van der Waals surface area contributed by atoms with Crippen LogP contribution >= 0.6 is 28.1 Å². The van der Waals surface area contributed by atoms with E-state index in [-0.39, 0.29) is 5.91 Å². The summed E-state index contributed by atoms with van der Waals surface area (Å²) in [6, 6.07) is 5.37. The number of nitrogens with zero attached hydrogens (tertiary/aromatic N) is 2. The fraction of sp³-hybridized carbons (Fsp3) is 0.467. The van der Waals surface area contributed by atoms with Gasteiger partial charge in [-0.15, -0.1) is 0 Å². The van der Waals surface area contributed by atoms with E-state index in [0.29, 0.717) is 23.0 Å². The van der Waals surface area contributed by atoms with Gasteiger partial charge in [0.15, 0.2) is 5.11 Å². The molecule has 5 nitrogen and oxygen atoms in total. The standard InChI is InChI=1S/C15H20BrN3O2S/c1-3-21-13-5-4-11(16)10-12(13)14(20)17-15(22)19-8-6-18(2)7-9-19/h4-5,10H,3,6-9H2,1-2H3,(H,17,20,22). The summed E-state index contributed by atoms with van der Waals surface area (Å²) in [7, 11) is 2.08. The molecule has 1 saturated heterocycles. The first-order valence-electron chi connectivity index (χ1n) is 7.22. The van der Waals surface area contributed by atoms with Crippen molar-refractivity contribution in [1.82, 2.24) is 15.1 Å². The lowest BCUT2D eigenvalue weighted by molar-refractivity contribution is 0.0967. The van der Waals surface area contributed by atoms with Crippen molar-refractivity contribution >= 4 is 39.2 Å². The minimum atomic E-state index is -0.242. The molecule has 0 atom stereocenters. The van der Waals surface area contributed by atoms with Gasteiger partial charge in [0.1, 0.15) is 5.75 Å². The zero-order valence-corrected chi connectivity index (χ0v) is 15.2. The molecule has 7 heteroatoms. The number of ether oxygens (including phenoxy) is 1. The van der Waals surface area contributed by atoms with Gasteiger partial charge in [-0.05, 0) is 44.4 Å². The summed E-state index contributed by atoms with van der Waals surface area (Å²) in [5.41, 5.74) is 0.479. The van der Waals surface area contributed by atoms with E-state index in [4.69, 9.17) is 17.0 Å². The number of nitrogens with one attached hydrogen (secondary N) is 1. The number of halogens is 1. The molecule has 1 heterocycles. The molecule has 1 aromatic rings. The van der Waals surface area contributed by atoms with Gasteiger partial charge in [-0.2, -0.15) is 0 Å². The average molecular weight is 386 g/mol. The number of carbonyl (C=O) groups is 1. The lowest BCUT2D eigenvalue weighted by atomic mass is 10.2. The molecule has 1 aromatic carbocycles. The van der Waals surface area contributed by atoms with Gasteiger partial charge in [-0.25, -0.2) is 0 Å². The van der Waals surface area contributed by atoms with Crippen molar-refractivity contribution in [1.29, 1.82) is 0 Å². The summed E-state index contributed by atoms with van der Waals surface area (Å²) < 4.78 is 6.33. The highest BCUT2D eigenvalue weighted by molar-refractivity contribution is 9.10. The van der Waals surface area contributed by atoms with Crippen LogP contribution in [0.5, 0.6) is 5.75 Å². The number of thiocarbonyl (C=S) groups is 1. The molecule has 22 heavy (non-hydrogen) atoms. The third-order valence-corrected chi connectivity index (χ3v) is 4.35. The highest BCUT2D eigenvalue weighted by atomic mass is 79.9. The molecule has 120 valence electrons. The Morgan fingerprint density at radius 2 is 2.05 bits per heavy atom. The van der Waals surface area contributed by atoms with Crippen LogP contribution in [0.3, 0.4) is 0 Å². The Morgan fingerprint density at radius 1 is 1.36 bits per heavy atom. The quantitative estimate of drug-likeness (QED) is 0.807. The molecule has 1 N–H and O–H groups in total. The summed E-state index contributed by atoms with van der Waals surface area (Å²) >= 11 is 8.73. The SMILES string of the molecule is CCOc1ccc(Br)cc1C(=O)NC(=S)N1CCN(C)CC1. The molecule has 0 unspecified atom stereocenters. The van der Waals surface area contributed by atoms with Gasteiger partial charge in [0.05, 0.1) is 12.2 Å². The molecule has 0 saturated carbocycles. The van der Waals surface area contributed by atoms with E-state index in [9.17, 15) is 4.79 Å². The van der Waals surface area contributed by atoms with E-state index in [1.807, 2.05) is 17.9 Å². The highest BCUT2D eigenvalue weighted by Gasteiger charge is 2.20. The normalized spacial score (nSPS) is 15.5. The Balaban J connectivity index is 2.05. The number of piperazine rings is 1. The van der Waals surface area contributed by atoms with Crippen LogP contribution in [0, 0.1) is 0 Å². The van der Waals surface area contributed by atoms with Crippen LogP contribution < -0.4 is 10.1 Å². The maximum atomic E-state index is 12.5. The number of benzene rings is 1. The van der Waals surface area contributed by atoms with Gasteiger partial charge >= 0.3 is 0 Å². The lowest BCUT2D eigenvalue weighted by Gasteiger charge is -2.33. The number of hydrogen-bond donors (Lipinski definition) is 1. The molecule has 0 aliphatic carbocycles. The summed E-state index contributed by atoms with van der Waals surface area (Å²) in [6.45, 7) is 5.93. The molecular weight excluding hydrogens is 366 g/mol. The van der Waals surface area contributed by atoms with Crippen molar-refractivity contribution in [3.8, 4) is 5.75 Å². The van der Waals surface area contributed by atoms with Crippen molar-refractivity contribution in [2.45, 2.75) is 6.92 Å². The molecule has 1 aliphatic rings. The number of likely N-dealkylation sites (N-methyl/N-ethyl adjacent to an activating group) is 1. The van der Waals surface area contributed by atoms with E-state index < -0.39 is 0 Å². The first kappa shape index (κ1) is 17.2. The number of carbonyl (C=O) groups excluding carboxylic acids is 1. The van der Waals surface area contributed by atoms with Crippen LogP contribution in [0.2, 0.25) is 0 Å². The second-order valence-corrected chi connectivity index (χ2v) is 6.43. The summed E-state index contributed by atoms with van der Waals surface area (Å²) in [5.74, 6) is 0.318. The second kappa shape index (κ2) is 7.89. The molecule has 0 bridgehead atoms. The predicted octanol–water partition coefficient (Wildman–Crippen LogP) is 2.11. The lowest BCUT2D eigenvalue weighted by Crippen LogP contribution is -2.51. The minimum absolute atomic E-state index is 0.242. The third-order valence-electron chi connectivity index (χ3n) is 3.50. The van der Waals surface area contributed by atoms with Crippen molar-refractivity contribution in [2.75, 3.05) is 39.8 Å². The Hall–Kier alpha value is -1.18. The molecular formula is C15H20BrN3O2S. The Morgan fingerprint density at radius 3 is 2.68 bits per heavy atom. The molecule has 1 amide bonds. The van der Waals surface area contributed by atoms with Crippen molar-refractivity contribution < 1.29 is 9.53 Å². The van der Waals surface area contributed by atoms with E-state index in [0.717, 1.165) is 30.7 Å². The second-order valence-electron chi connectivity index (χ2n) is 5.12. The predicted molar refractivity (Wildman–Crippen MR) is 94.4 cm³/mol. The first-order valence-corrected chi connectivity index (χ1v) is 8.42. The van der Waals surface area contributed by atoms with Gasteiger partial charge in [0.2, 0.25) is 0 Å². The Kier molecular flexibility index (Phi) is 6.16. The Labute approximate surface area is 144 Å². The van der Waals surface area contributed by atoms with Crippen molar-refractivity contribution in [3.05, 3.63) is 28.2 Å². The maximum Gasteiger partial charge on any atom is 0.261 e. The topological polar surface area (TPSA) is 44.8 Å². The van der Waals surface area contributed by atoms with Gasteiger partial charge in [0, 0.05) is 30.7 Å². The fourth-order valence-electron chi connectivity index (χ4n) is 2.21. The number of amides is 1. The van der Waals surface area contributed by atoms with E-state index in [1.54, 1.807) is 12.1 Å². The molecule has 0 radical (unpaired) electrons. The average Bonchev–Trinajstić information content (AvgIpc) is 2.49. The van der Waals surface area contributed by atoms with Crippen LogP contribution in [-0.4, -0.2) is 60.7 Å². The number of rotatable bonds is 3. The van der Waals surface area contributed by atoms with Crippen molar-refractivity contribution in [2.24, 2.45) is 0 Å². The van der Waals surface area contributed by atoms with Gasteiger partial charge < -0.3 is 14.5 Å². The summed E-state index contributed by atoms with van der Waals surface area (Å²) in [6.07, 6.45) is 0. The number of hydrogen-bond acceptors (Lipinski definition) is 4. The molecule has 2 rings (SSSR count). The Bertz CT molecular complexity index is 560. The summed E-state index contributed by atoms with van der Waals surface area (Å²) in [4.78, 5) is 16.7. The zero-order chi connectivity index (χ0) is 16.1. The van der Waals surface area contributed by atoms with E-state index >= 15 is 0 Å². The van der Waals surface area contributed by atoms with Crippen LogP contribution in [-0.2, 0) is 0 Å². The third kappa shape index (κ3) is 4.41. The molecule has 1 aliphatic heterocycles. The monoisotopic (exact) mass is 385 g/mol. The molecule has 1 fully saturated rings.